The van der Waals surface area contributed by atoms with E-state index in [1.54, 1.807) is 15.9 Å². The molecular weight excluding hydrogens is 745 g/mol. The quantitative estimate of drug-likeness (QED) is 0.0858. The Labute approximate surface area is 307 Å². The van der Waals surface area contributed by atoms with Crippen molar-refractivity contribution in [2.75, 3.05) is 32.7 Å². The number of benzene rings is 1. The highest BCUT2D eigenvalue weighted by Gasteiger charge is 2.40. The Hall–Kier alpha value is -5.93. The van der Waals surface area contributed by atoms with Crippen molar-refractivity contribution in [3.8, 4) is 22.6 Å². The molecule has 3 aromatic heterocycles. The van der Waals surface area contributed by atoms with Crippen LogP contribution in [0.25, 0.3) is 22.6 Å². The monoisotopic (exact) mass is 776 g/mol. The average molecular weight is 777 g/mol. The van der Waals surface area contributed by atoms with Gasteiger partial charge in [-0.25, -0.2) is 9.97 Å². The molecule has 4 aromatic rings. The van der Waals surface area contributed by atoms with E-state index in [1.807, 2.05) is 0 Å². The maximum absolute atomic E-state index is 13.9. The third kappa shape index (κ3) is 8.98. The molecule has 286 valence electrons. The molecule has 2 fully saturated rings. The zero-order chi connectivity index (χ0) is 39.2. The third-order valence-electron chi connectivity index (χ3n) is 8.58. The molecule has 2 atom stereocenters. The molecular formula is C32H32ClF3N10O8. The SMILES string of the molecule is O=C(NCc1ccc(C(=O)N2CCN(C(=O)[C@@H]3CC(O)CCN3)CC2)c(Cl)c1)c1ncc(-c2c(C(F)(F)F)n[nH]c2-c2ccc([N+](=O)[O-])cn2)[nH]1.O=CO. The minimum Gasteiger partial charge on any atom is -0.483 e. The molecule has 0 saturated carbocycles. The molecule has 3 amide bonds. The Kier molecular flexibility index (Phi) is 12.2. The van der Waals surface area contributed by atoms with Gasteiger partial charge in [0.15, 0.2) is 11.5 Å². The van der Waals surface area contributed by atoms with Gasteiger partial charge in [0, 0.05) is 38.8 Å². The zero-order valence-corrected chi connectivity index (χ0v) is 28.7. The number of aliphatic hydroxyl groups excluding tert-OH is 1. The number of nitro groups is 1. The summed E-state index contributed by atoms with van der Waals surface area (Å²) in [5.41, 5.74) is -1.89. The van der Waals surface area contributed by atoms with Gasteiger partial charge in [0.1, 0.15) is 6.20 Å². The summed E-state index contributed by atoms with van der Waals surface area (Å²) in [5, 5.41) is 39.3. The molecule has 2 saturated heterocycles. The van der Waals surface area contributed by atoms with Crippen LogP contribution in [0.2, 0.25) is 5.02 Å². The van der Waals surface area contributed by atoms with Gasteiger partial charge in [-0.15, -0.1) is 0 Å². The van der Waals surface area contributed by atoms with Gasteiger partial charge in [-0.3, -0.25) is 34.4 Å². The number of carbonyl (C=O) groups is 4. The van der Waals surface area contributed by atoms with E-state index in [0.29, 0.717) is 51.1 Å². The highest BCUT2D eigenvalue weighted by molar-refractivity contribution is 6.33. The molecule has 0 radical (unpaired) electrons. The molecule has 22 heteroatoms. The molecule has 0 bridgehead atoms. The van der Waals surface area contributed by atoms with Crippen molar-refractivity contribution >= 4 is 41.5 Å². The summed E-state index contributed by atoms with van der Waals surface area (Å²) in [4.78, 5) is 71.3. The van der Waals surface area contributed by atoms with Gasteiger partial charge < -0.3 is 35.6 Å². The number of pyridine rings is 1. The number of amides is 3. The van der Waals surface area contributed by atoms with Crippen molar-refractivity contribution < 1.29 is 47.5 Å². The van der Waals surface area contributed by atoms with Gasteiger partial charge in [-0.05, 0) is 43.1 Å². The van der Waals surface area contributed by atoms with E-state index in [9.17, 15) is 42.8 Å². The van der Waals surface area contributed by atoms with Crippen LogP contribution in [0.1, 0.15) is 45.1 Å². The number of carboxylic acid groups (broad SMARTS) is 1. The molecule has 54 heavy (non-hydrogen) atoms. The van der Waals surface area contributed by atoms with E-state index in [2.05, 4.69) is 35.8 Å². The molecule has 6 rings (SSSR count). The van der Waals surface area contributed by atoms with Crippen molar-refractivity contribution in [2.45, 2.75) is 37.7 Å². The molecule has 0 aliphatic carbocycles. The van der Waals surface area contributed by atoms with Crippen LogP contribution in [-0.2, 0) is 22.3 Å². The Morgan fingerprint density at radius 2 is 1.80 bits per heavy atom. The number of halogens is 4. The molecule has 1 unspecified atom stereocenters. The predicted molar refractivity (Wildman–Crippen MR) is 182 cm³/mol. The Morgan fingerprint density at radius 3 is 2.41 bits per heavy atom. The van der Waals surface area contributed by atoms with Crippen LogP contribution in [0.3, 0.4) is 0 Å². The van der Waals surface area contributed by atoms with Gasteiger partial charge in [0.25, 0.3) is 24.0 Å². The first-order valence-electron chi connectivity index (χ1n) is 16.2. The van der Waals surface area contributed by atoms with Crippen molar-refractivity contribution in [3.63, 3.8) is 0 Å². The summed E-state index contributed by atoms with van der Waals surface area (Å²) in [6, 6.07) is 6.41. The number of piperazine rings is 1. The molecule has 5 heterocycles. The number of aromatic amines is 2. The van der Waals surface area contributed by atoms with Crippen LogP contribution in [0.5, 0.6) is 0 Å². The lowest BCUT2D eigenvalue weighted by atomic mass is 10.0. The van der Waals surface area contributed by atoms with Gasteiger partial charge in [0.05, 0.1) is 56.5 Å². The van der Waals surface area contributed by atoms with Crippen LogP contribution in [-0.4, -0.2) is 119 Å². The number of imidazole rings is 1. The summed E-state index contributed by atoms with van der Waals surface area (Å²) in [5.74, 6) is -1.49. The van der Waals surface area contributed by atoms with Crippen LogP contribution in [0, 0.1) is 10.1 Å². The number of piperidine rings is 1. The molecule has 0 spiro atoms. The van der Waals surface area contributed by atoms with E-state index >= 15 is 0 Å². The molecule has 18 nitrogen and oxygen atoms in total. The number of carbonyl (C=O) groups excluding carboxylic acids is 3. The number of aliphatic hydroxyl groups is 1. The second-order valence-corrected chi connectivity index (χ2v) is 12.4. The second kappa shape index (κ2) is 16.8. The third-order valence-corrected chi connectivity index (χ3v) is 8.89. The standard InChI is InChI=1S/C31H30ClF3N10O6.CH2O2/c32-20-11-16(1-3-19(20)29(48)43-7-9-44(10-8-43)30(49)22-12-18(46)5-6-36-22)13-39-28(47)27-38-15-23(40-27)24-25(41-42-26(24)31(33,34)35)21-4-2-17(14-37-21)45(50)51;2-1-3/h1-4,11,14-15,18,22,36,46H,5-10,12-13H2,(H,38,40)(H,39,47)(H,41,42);1H,(H,2,3)/t18?,22-;/m0./s1. The molecule has 6 N–H and O–H groups in total. The molecule has 2 aliphatic rings. The highest BCUT2D eigenvalue weighted by atomic mass is 35.5. The lowest BCUT2D eigenvalue weighted by molar-refractivity contribution is -0.385. The van der Waals surface area contributed by atoms with Gasteiger partial charge in [-0.1, -0.05) is 17.7 Å². The largest absolute Gasteiger partial charge is 0.483 e. The smallest absolute Gasteiger partial charge is 0.435 e. The minimum atomic E-state index is -4.91. The molecule has 1 aromatic carbocycles. The number of alkyl halides is 3. The number of hydrogen-bond donors (Lipinski definition) is 6. The Morgan fingerprint density at radius 1 is 1.09 bits per heavy atom. The average Bonchev–Trinajstić information content (AvgIpc) is 3.82. The number of aromatic nitrogens is 5. The second-order valence-electron chi connectivity index (χ2n) is 12.0. The first-order valence-corrected chi connectivity index (χ1v) is 16.5. The lowest BCUT2D eigenvalue weighted by Gasteiger charge is -2.38. The van der Waals surface area contributed by atoms with Gasteiger partial charge in [-0.2, -0.15) is 18.3 Å². The number of nitrogens with one attached hydrogen (secondary N) is 4. The van der Waals surface area contributed by atoms with Crippen molar-refractivity contribution in [1.29, 1.82) is 0 Å². The lowest BCUT2D eigenvalue weighted by Crippen LogP contribution is -2.57. The first kappa shape index (κ1) is 39.3. The number of rotatable bonds is 8. The van der Waals surface area contributed by atoms with E-state index < -0.39 is 40.4 Å². The van der Waals surface area contributed by atoms with E-state index in [-0.39, 0.29) is 64.0 Å². The fourth-order valence-corrected chi connectivity index (χ4v) is 6.20. The minimum absolute atomic E-state index is 0.0643. The Bertz CT molecular complexity index is 2020. The summed E-state index contributed by atoms with van der Waals surface area (Å²) >= 11 is 6.46. The maximum Gasteiger partial charge on any atom is 0.435 e. The van der Waals surface area contributed by atoms with Crippen LogP contribution in [0.15, 0.2) is 42.7 Å². The molecule has 2 aliphatic heterocycles. The van der Waals surface area contributed by atoms with Crippen molar-refractivity contribution in [3.05, 3.63) is 80.5 Å². The first-order chi connectivity index (χ1) is 25.7. The fraction of sp³-hybridized carbons (Fsp3) is 0.344. The van der Waals surface area contributed by atoms with E-state index in [1.165, 1.54) is 12.1 Å². The number of hydrogen-bond acceptors (Lipinski definition) is 11. The summed E-state index contributed by atoms with van der Waals surface area (Å²) in [6.07, 6.45) is -2.57. The van der Waals surface area contributed by atoms with E-state index in [4.69, 9.17) is 21.5 Å². The number of H-pyrrole nitrogens is 2. The van der Waals surface area contributed by atoms with Crippen LogP contribution in [0.4, 0.5) is 18.9 Å². The van der Waals surface area contributed by atoms with Gasteiger partial charge in [0.2, 0.25) is 5.91 Å². The predicted octanol–water partition coefficient (Wildman–Crippen LogP) is 2.47. The Balaban J connectivity index is 0.00000181. The maximum atomic E-state index is 13.9. The van der Waals surface area contributed by atoms with E-state index in [0.717, 1.165) is 24.5 Å². The highest BCUT2D eigenvalue weighted by Crippen LogP contribution is 2.40. The zero-order valence-electron chi connectivity index (χ0n) is 28.0. The van der Waals surface area contributed by atoms with Crippen LogP contribution >= 0.6 is 11.6 Å². The van der Waals surface area contributed by atoms with Crippen molar-refractivity contribution in [1.82, 2.24) is 45.6 Å². The normalized spacial score (nSPS) is 17.3. The van der Waals surface area contributed by atoms with Crippen LogP contribution < -0.4 is 10.6 Å². The summed E-state index contributed by atoms with van der Waals surface area (Å²) < 4.78 is 41.6. The topological polar surface area (TPSA) is 253 Å². The fourth-order valence-electron chi connectivity index (χ4n) is 5.91. The summed E-state index contributed by atoms with van der Waals surface area (Å²) in [7, 11) is 0. The number of nitrogens with zero attached hydrogens (tertiary/aromatic N) is 6. The van der Waals surface area contributed by atoms with Crippen molar-refractivity contribution in [2.24, 2.45) is 0 Å². The summed E-state index contributed by atoms with van der Waals surface area (Å²) in [6.45, 7) is 1.52. The van der Waals surface area contributed by atoms with Gasteiger partial charge >= 0.3 is 6.18 Å².